The number of hydrogen-bond donors (Lipinski definition) is 2. The molecule has 1 unspecified atom stereocenters. The molecule has 0 radical (unpaired) electrons. The average Bonchev–Trinajstić information content (AvgIpc) is 2.53. The first-order valence-corrected chi connectivity index (χ1v) is 7.81. The Morgan fingerprint density at radius 2 is 1.96 bits per heavy atom. The molecule has 132 valence electrons. The third kappa shape index (κ3) is 9.12. The summed E-state index contributed by atoms with van der Waals surface area (Å²) in [6.07, 6.45) is 1.04. The predicted octanol–water partition coefficient (Wildman–Crippen LogP) is 2.93. The summed E-state index contributed by atoms with van der Waals surface area (Å²) in [6, 6.07) is 8.52. The van der Waals surface area contributed by atoms with Gasteiger partial charge in [-0.25, -0.2) is 0 Å². The minimum atomic E-state index is 0. The topological polar surface area (TPSA) is 54.9 Å². The SMILES string of the molecule is CCCOCc1ccccc1CNC(=NC)NC(C)COC.I. The molecule has 0 aliphatic heterocycles. The van der Waals surface area contributed by atoms with E-state index in [-0.39, 0.29) is 30.0 Å². The Hall–Kier alpha value is -0.860. The summed E-state index contributed by atoms with van der Waals surface area (Å²) in [5.74, 6) is 0.772. The maximum atomic E-state index is 5.65. The Labute approximate surface area is 157 Å². The van der Waals surface area contributed by atoms with Gasteiger partial charge in [-0.05, 0) is 24.5 Å². The van der Waals surface area contributed by atoms with Gasteiger partial charge >= 0.3 is 0 Å². The Morgan fingerprint density at radius 3 is 2.57 bits per heavy atom. The molecule has 0 saturated carbocycles. The lowest BCUT2D eigenvalue weighted by Crippen LogP contribution is -2.43. The van der Waals surface area contributed by atoms with Gasteiger partial charge in [-0.15, -0.1) is 24.0 Å². The zero-order chi connectivity index (χ0) is 16.2. The number of hydrogen-bond acceptors (Lipinski definition) is 3. The molecule has 0 aliphatic carbocycles. The van der Waals surface area contributed by atoms with Crippen molar-refractivity contribution < 1.29 is 9.47 Å². The van der Waals surface area contributed by atoms with E-state index in [1.165, 1.54) is 11.1 Å². The molecular formula is C17H30IN3O2. The third-order valence-corrected chi connectivity index (χ3v) is 3.19. The Morgan fingerprint density at radius 1 is 1.26 bits per heavy atom. The number of halogens is 1. The number of nitrogens with one attached hydrogen (secondary N) is 2. The second-order valence-electron chi connectivity index (χ2n) is 5.25. The molecule has 0 aliphatic rings. The van der Waals surface area contributed by atoms with Crippen LogP contribution in [-0.2, 0) is 22.6 Å². The first-order valence-electron chi connectivity index (χ1n) is 7.81. The van der Waals surface area contributed by atoms with Crippen LogP contribution in [0.2, 0.25) is 0 Å². The van der Waals surface area contributed by atoms with Gasteiger partial charge in [-0.2, -0.15) is 0 Å². The summed E-state index contributed by atoms with van der Waals surface area (Å²) in [7, 11) is 3.46. The number of aliphatic imine (C=N–C) groups is 1. The predicted molar refractivity (Wildman–Crippen MR) is 106 cm³/mol. The van der Waals surface area contributed by atoms with Gasteiger partial charge < -0.3 is 20.1 Å². The first-order chi connectivity index (χ1) is 10.7. The van der Waals surface area contributed by atoms with Gasteiger partial charge in [0.2, 0.25) is 0 Å². The van der Waals surface area contributed by atoms with Crippen molar-refractivity contribution in [1.82, 2.24) is 10.6 Å². The van der Waals surface area contributed by atoms with E-state index in [4.69, 9.17) is 9.47 Å². The van der Waals surface area contributed by atoms with E-state index in [1.54, 1.807) is 14.2 Å². The maximum Gasteiger partial charge on any atom is 0.191 e. The molecule has 23 heavy (non-hydrogen) atoms. The molecule has 0 spiro atoms. The van der Waals surface area contributed by atoms with Gasteiger partial charge in [-0.1, -0.05) is 31.2 Å². The molecule has 0 saturated heterocycles. The van der Waals surface area contributed by atoms with Gasteiger partial charge in [0.05, 0.1) is 13.2 Å². The van der Waals surface area contributed by atoms with Crippen molar-refractivity contribution in [2.75, 3.05) is 27.4 Å². The minimum absolute atomic E-state index is 0. The van der Waals surface area contributed by atoms with Gasteiger partial charge in [0.1, 0.15) is 0 Å². The third-order valence-electron chi connectivity index (χ3n) is 3.19. The van der Waals surface area contributed by atoms with Crippen LogP contribution in [0, 0.1) is 0 Å². The maximum absolute atomic E-state index is 5.65. The summed E-state index contributed by atoms with van der Waals surface area (Å²) < 4.78 is 10.8. The Kier molecular flexibility index (Phi) is 13.1. The lowest BCUT2D eigenvalue weighted by atomic mass is 10.1. The zero-order valence-corrected chi connectivity index (χ0v) is 16.9. The summed E-state index contributed by atoms with van der Waals surface area (Å²) in [5.41, 5.74) is 2.43. The highest BCUT2D eigenvalue weighted by Crippen LogP contribution is 2.10. The van der Waals surface area contributed by atoms with Crippen molar-refractivity contribution in [3.05, 3.63) is 35.4 Å². The van der Waals surface area contributed by atoms with Crippen molar-refractivity contribution >= 4 is 29.9 Å². The second-order valence-corrected chi connectivity index (χ2v) is 5.25. The fourth-order valence-electron chi connectivity index (χ4n) is 2.10. The number of rotatable bonds is 9. The average molecular weight is 435 g/mol. The van der Waals surface area contributed by atoms with Crippen LogP contribution in [0.4, 0.5) is 0 Å². The molecule has 1 rings (SSSR count). The zero-order valence-electron chi connectivity index (χ0n) is 14.6. The highest BCUT2D eigenvalue weighted by Gasteiger charge is 2.06. The molecule has 2 N–H and O–H groups in total. The van der Waals surface area contributed by atoms with E-state index < -0.39 is 0 Å². The Balaban J connectivity index is 0.00000484. The number of benzene rings is 1. The van der Waals surface area contributed by atoms with Crippen LogP contribution in [0.3, 0.4) is 0 Å². The van der Waals surface area contributed by atoms with E-state index in [0.29, 0.717) is 19.8 Å². The fraction of sp³-hybridized carbons (Fsp3) is 0.588. The number of nitrogens with zero attached hydrogens (tertiary/aromatic N) is 1. The van der Waals surface area contributed by atoms with Gasteiger partial charge in [0.25, 0.3) is 0 Å². The van der Waals surface area contributed by atoms with Gasteiger partial charge in [0.15, 0.2) is 5.96 Å². The largest absolute Gasteiger partial charge is 0.383 e. The van der Waals surface area contributed by atoms with E-state index in [2.05, 4.69) is 41.6 Å². The van der Waals surface area contributed by atoms with E-state index in [0.717, 1.165) is 19.0 Å². The minimum Gasteiger partial charge on any atom is -0.383 e. The van der Waals surface area contributed by atoms with E-state index in [9.17, 15) is 0 Å². The van der Waals surface area contributed by atoms with Crippen molar-refractivity contribution in [3.8, 4) is 0 Å². The van der Waals surface area contributed by atoms with Gasteiger partial charge in [0, 0.05) is 33.4 Å². The second kappa shape index (κ2) is 13.6. The molecule has 5 nitrogen and oxygen atoms in total. The number of methoxy groups -OCH3 is 1. The van der Waals surface area contributed by atoms with Crippen LogP contribution in [0.1, 0.15) is 31.4 Å². The normalized spacial score (nSPS) is 12.4. The summed E-state index contributed by atoms with van der Waals surface area (Å²) in [6.45, 7) is 6.97. The summed E-state index contributed by atoms with van der Waals surface area (Å²) in [5, 5.41) is 6.63. The Bertz CT molecular complexity index is 455. The monoisotopic (exact) mass is 435 g/mol. The molecule has 0 aromatic heterocycles. The van der Waals surface area contributed by atoms with E-state index in [1.807, 2.05) is 12.1 Å². The van der Waals surface area contributed by atoms with Crippen LogP contribution in [-0.4, -0.2) is 39.4 Å². The fourth-order valence-corrected chi connectivity index (χ4v) is 2.10. The van der Waals surface area contributed by atoms with Crippen LogP contribution in [0.15, 0.2) is 29.3 Å². The summed E-state index contributed by atoms with van der Waals surface area (Å²) in [4.78, 5) is 4.24. The smallest absolute Gasteiger partial charge is 0.191 e. The van der Waals surface area contributed by atoms with Crippen LogP contribution < -0.4 is 10.6 Å². The molecule has 6 heteroatoms. The molecule has 0 bridgehead atoms. The van der Waals surface area contributed by atoms with Crippen molar-refractivity contribution in [2.24, 2.45) is 4.99 Å². The quantitative estimate of drug-likeness (QED) is 0.271. The van der Waals surface area contributed by atoms with Crippen molar-refractivity contribution in [3.63, 3.8) is 0 Å². The van der Waals surface area contributed by atoms with Crippen LogP contribution in [0.25, 0.3) is 0 Å². The molecule has 0 heterocycles. The van der Waals surface area contributed by atoms with Crippen molar-refractivity contribution in [2.45, 2.75) is 39.5 Å². The highest BCUT2D eigenvalue weighted by molar-refractivity contribution is 14.0. The lowest BCUT2D eigenvalue weighted by Gasteiger charge is -2.18. The highest BCUT2D eigenvalue weighted by atomic mass is 127. The molecular weight excluding hydrogens is 405 g/mol. The number of guanidine groups is 1. The van der Waals surface area contributed by atoms with Crippen molar-refractivity contribution in [1.29, 1.82) is 0 Å². The van der Waals surface area contributed by atoms with Crippen LogP contribution >= 0.6 is 24.0 Å². The molecule has 0 fully saturated rings. The number of ether oxygens (including phenoxy) is 2. The standard InChI is InChI=1S/C17H29N3O2.HI/c1-5-10-22-13-16-9-7-6-8-15(16)11-19-17(18-3)20-14(2)12-21-4;/h6-9,14H,5,10-13H2,1-4H3,(H2,18,19,20);1H. The first kappa shape index (κ1) is 22.1. The van der Waals surface area contributed by atoms with Gasteiger partial charge in [-0.3, -0.25) is 4.99 Å². The van der Waals surface area contributed by atoms with Crippen LogP contribution in [0.5, 0.6) is 0 Å². The molecule has 1 aromatic rings. The summed E-state index contributed by atoms with van der Waals surface area (Å²) >= 11 is 0. The molecule has 0 amide bonds. The molecule has 1 aromatic carbocycles. The lowest BCUT2D eigenvalue weighted by molar-refractivity contribution is 0.121. The molecule has 1 atom stereocenters. The van der Waals surface area contributed by atoms with E-state index >= 15 is 0 Å².